The monoisotopic (exact) mass is 412 g/mol. The van der Waals surface area contributed by atoms with Gasteiger partial charge in [0.15, 0.2) is 0 Å². The van der Waals surface area contributed by atoms with Crippen LogP contribution in [-0.4, -0.2) is 17.6 Å². The largest absolute Gasteiger partial charge is 0.321 e. The summed E-state index contributed by atoms with van der Waals surface area (Å²) >= 11 is 2.89. The molecule has 0 radical (unpaired) electrons. The topological polar surface area (TPSA) is 49.4 Å². The molecule has 2 heterocycles. The molecule has 2 aromatic carbocycles. The first kappa shape index (κ1) is 18.7. The van der Waals surface area contributed by atoms with Crippen LogP contribution in [0.5, 0.6) is 0 Å². The molecule has 1 aliphatic rings. The highest BCUT2D eigenvalue weighted by Gasteiger charge is 2.34. The Bertz CT molecular complexity index is 1020. The van der Waals surface area contributed by atoms with Crippen molar-refractivity contribution in [1.29, 1.82) is 0 Å². The van der Waals surface area contributed by atoms with Crippen LogP contribution < -0.4 is 10.2 Å². The van der Waals surface area contributed by atoms with Crippen LogP contribution in [-0.2, 0) is 4.79 Å². The Labute approximate surface area is 170 Å². The van der Waals surface area contributed by atoms with Gasteiger partial charge in [-0.25, -0.2) is 4.39 Å². The van der Waals surface area contributed by atoms with Gasteiger partial charge in [-0.1, -0.05) is 24.3 Å². The Morgan fingerprint density at radius 3 is 2.64 bits per heavy atom. The number of carbonyl (C=O) groups excluding carboxylic acids is 2. The molecule has 7 heteroatoms. The van der Waals surface area contributed by atoms with E-state index < -0.39 is 0 Å². The van der Waals surface area contributed by atoms with E-state index in [4.69, 9.17) is 0 Å². The molecule has 2 amide bonds. The zero-order valence-corrected chi connectivity index (χ0v) is 16.6. The minimum atomic E-state index is -0.326. The molecule has 0 spiro atoms. The smallest absolute Gasteiger partial charge is 0.265 e. The molecule has 142 valence electrons. The van der Waals surface area contributed by atoms with E-state index in [1.54, 1.807) is 30.0 Å². The van der Waals surface area contributed by atoms with Crippen LogP contribution in [0.4, 0.5) is 15.8 Å². The number of halogens is 1. The van der Waals surface area contributed by atoms with Crippen molar-refractivity contribution >= 4 is 46.3 Å². The number of nitrogens with one attached hydrogen (secondary N) is 1. The summed E-state index contributed by atoms with van der Waals surface area (Å²) < 4.78 is 14.0. The minimum absolute atomic E-state index is 0.0478. The van der Waals surface area contributed by atoms with Gasteiger partial charge < -0.3 is 5.32 Å². The summed E-state index contributed by atoms with van der Waals surface area (Å²) in [7, 11) is 0. The third-order valence-corrected chi connectivity index (χ3v) is 6.58. The molecule has 4 rings (SSSR count). The Morgan fingerprint density at radius 1 is 1.18 bits per heavy atom. The van der Waals surface area contributed by atoms with E-state index in [1.165, 1.54) is 29.2 Å². The number of amides is 2. The standard InChI is InChI=1S/C21H17FN2O2S2/c1-13-4-9-16(11-17(13)22)24-19(25)12-28-21(24)14-5-7-15(8-6-14)23-20(26)18-3-2-10-27-18/h2-11,21H,12H2,1H3,(H,23,26)/t21-/m1/s1. The fraction of sp³-hybridized carbons (Fsp3) is 0.143. The first-order chi connectivity index (χ1) is 13.5. The maximum atomic E-state index is 14.0. The molecule has 3 aromatic rings. The third kappa shape index (κ3) is 3.68. The van der Waals surface area contributed by atoms with Crippen molar-refractivity contribution in [3.63, 3.8) is 0 Å². The number of carbonyl (C=O) groups is 2. The van der Waals surface area contributed by atoms with Gasteiger partial charge in [-0.15, -0.1) is 23.1 Å². The van der Waals surface area contributed by atoms with Gasteiger partial charge in [-0.2, -0.15) is 0 Å². The molecule has 0 aliphatic carbocycles. The van der Waals surface area contributed by atoms with Gasteiger partial charge in [0.05, 0.1) is 10.6 Å². The third-order valence-electron chi connectivity index (χ3n) is 4.50. The maximum absolute atomic E-state index is 14.0. The van der Waals surface area contributed by atoms with E-state index in [-0.39, 0.29) is 23.0 Å². The van der Waals surface area contributed by atoms with Gasteiger partial charge in [-0.05, 0) is 53.8 Å². The quantitative estimate of drug-likeness (QED) is 0.639. The summed E-state index contributed by atoms with van der Waals surface area (Å²) in [5.74, 6) is -0.178. The molecule has 0 saturated carbocycles. The molecule has 1 aromatic heterocycles. The molecule has 1 aliphatic heterocycles. The van der Waals surface area contributed by atoms with Crippen LogP contribution in [0, 0.1) is 12.7 Å². The number of thioether (sulfide) groups is 1. The molecule has 1 atom stereocenters. The van der Waals surface area contributed by atoms with E-state index >= 15 is 0 Å². The lowest BCUT2D eigenvalue weighted by Gasteiger charge is -2.24. The van der Waals surface area contributed by atoms with Gasteiger partial charge in [-0.3, -0.25) is 14.5 Å². The second kappa shape index (κ2) is 7.77. The minimum Gasteiger partial charge on any atom is -0.321 e. The van der Waals surface area contributed by atoms with Crippen molar-refractivity contribution < 1.29 is 14.0 Å². The average Bonchev–Trinajstić information content (AvgIpc) is 3.35. The van der Waals surface area contributed by atoms with Crippen molar-refractivity contribution in [3.05, 3.63) is 81.8 Å². The zero-order chi connectivity index (χ0) is 19.7. The molecule has 1 fully saturated rings. The van der Waals surface area contributed by atoms with Crippen molar-refractivity contribution in [1.82, 2.24) is 0 Å². The van der Waals surface area contributed by atoms with Gasteiger partial charge in [0.1, 0.15) is 11.2 Å². The van der Waals surface area contributed by atoms with Crippen LogP contribution in [0.2, 0.25) is 0 Å². The number of nitrogens with zero attached hydrogens (tertiary/aromatic N) is 1. The lowest BCUT2D eigenvalue weighted by Crippen LogP contribution is -2.27. The highest BCUT2D eigenvalue weighted by molar-refractivity contribution is 8.00. The molecule has 1 N–H and O–H groups in total. The number of hydrogen-bond acceptors (Lipinski definition) is 4. The molecule has 1 saturated heterocycles. The van der Waals surface area contributed by atoms with Gasteiger partial charge in [0.25, 0.3) is 5.91 Å². The van der Waals surface area contributed by atoms with Crippen LogP contribution in [0.1, 0.15) is 26.2 Å². The van der Waals surface area contributed by atoms with Crippen molar-refractivity contribution in [2.24, 2.45) is 0 Å². The fourth-order valence-electron chi connectivity index (χ4n) is 3.01. The predicted molar refractivity (Wildman–Crippen MR) is 113 cm³/mol. The Balaban J connectivity index is 1.55. The first-order valence-corrected chi connectivity index (χ1v) is 10.6. The van der Waals surface area contributed by atoms with E-state index in [0.29, 0.717) is 27.6 Å². The summed E-state index contributed by atoms with van der Waals surface area (Å²) in [4.78, 5) is 26.9. The Kier molecular flexibility index (Phi) is 5.19. The fourth-order valence-corrected chi connectivity index (χ4v) is 4.81. The van der Waals surface area contributed by atoms with Crippen LogP contribution in [0.15, 0.2) is 60.0 Å². The molecule has 0 bridgehead atoms. The second-order valence-electron chi connectivity index (χ2n) is 6.41. The van der Waals surface area contributed by atoms with Gasteiger partial charge in [0, 0.05) is 11.4 Å². The molecular formula is C21H17FN2O2S2. The van der Waals surface area contributed by atoms with Crippen LogP contribution in [0.25, 0.3) is 0 Å². The van der Waals surface area contributed by atoms with Crippen molar-refractivity contribution in [2.45, 2.75) is 12.3 Å². The van der Waals surface area contributed by atoms with Crippen molar-refractivity contribution in [2.75, 3.05) is 16.0 Å². The predicted octanol–water partition coefficient (Wildman–Crippen LogP) is 5.23. The number of benzene rings is 2. The lowest BCUT2D eigenvalue weighted by molar-refractivity contribution is -0.115. The van der Waals surface area contributed by atoms with E-state index in [1.807, 2.05) is 35.7 Å². The SMILES string of the molecule is Cc1ccc(N2C(=O)CS[C@@H]2c2ccc(NC(=O)c3cccs3)cc2)cc1F. The number of anilines is 2. The molecular weight excluding hydrogens is 395 g/mol. The summed E-state index contributed by atoms with van der Waals surface area (Å²) in [5, 5.41) is 4.49. The summed E-state index contributed by atoms with van der Waals surface area (Å²) in [6.45, 7) is 1.69. The van der Waals surface area contributed by atoms with Crippen molar-refractivity contribution in [3.8, 4) is 0 Å². The van der Waals surface area contributed by atoms with Crippen LogP contribution >= 0.6 is 23.1 Å². The molecule has 0 unspecified atom stereocenters. The number of thiophene rings is 1. The average molecular weight is 413 g/mol. The van der Waals surface area contributed by atoms with E-state index in [9.17, 15) is 14.0 Å². The second-order valence-corrected chi connectivity index (χ2v) is 8.43. The first-order valence-electron chi connectivity index (χ1n) is 8.67. The number of rotatable bonds is 4. The lowest BCUT2D eigenvalue weighted by atomic mass is 10.1. The normalized spacial score (nSPS) is 16.4. The van der Waals surface area contributed by atoms with E-state index in [0.717, 1.165) is 5.56 Å². The zero-order valence-electron chi connectivity index (χ0n) is 15.0. The maximum Gasteiger partial charge on any atom is 0.265 e. The highest BCUT2D eigenvalue weighted by Crippen LogP contribution is 2.42. The number of aryl methyl sites for hydroxylation is 1. The van der Waals surface area contributed by atoms with Crippen LogP contribution in [0.3, 0.4) is 0 Å². The van der Waals surface area contributed by atoms with Gasteiger partial charge >= 0.3 is 0 Å². The highest BCUT2D eigenvalue weighted by atomic mass is 32.2. The molecule has 28 heavy (non-hydrogen) atoms. The number of hydrogen-bond donors (Lipinski definition) is 1. The summed E-state index contributed by atoms with van der Waals surface area (Å²) in [6, 6.07) is 15.9. The Morgan fingerprint density at radius 2 is 1.96 bits per heavy atom. The van der Waals surface area contributed by atoms with Gasteiger partial charge in [0.2, 0.25) is 5.91 Å². The Hall–Kier alpha value is -2.64. The molecule has 4 nitrogen and oxygen atoms in total. The summed E-state index contributed by atoms with van der Waals surface area (Å²) in [5.41, 5.74) is 2.71. The van der Waals surface area contributed by atoms with E-state index in [2.05, 4.69) is 5.32 Å². The summed E-state index contributed by atoms with van der Waals surface area (Å²) in [6.07, 6.45) is 0.